The van der Waals surface area contributed by atoms with Gasteiger partial charge < -0.3 is 19.7 Å². The minimum absolute atomic E-state index is 0.0212. The maximum Gasteiger partial charge on any atom is 0.300 e. The molecule has 33 heavy (non-hydrogen) atoms. The van der Waals surface area contributed by atoms with Gasteiger partial charge >= 0.3 is 0 Å². The Kier molecular flexibility index (Phi) is 5.98. The van der Waals surface area contributed by atoms with Gasteiger partial charge in [-0.25, -0.2) is 0 Å². The molecule has 1 amide bonds. The number of benzene rings is 3. The number of aliphatic hydroxyl groups is 1. The molecule has 1 unspecified atom stereocenters. The van der Waals surface area contributed by atoms with Crippen LogP contribution in [0.4, 0.5) is 5.69 Å². The van der Waals surface area contributed by atoms with E-state index in [4.69, 9.17) is 21.1 Å². The summed E-state index contributed by atoms with van der Waals surface area (Å²) in [5.41, 5.74) is 0.969. The van der Waals surface area contributed by atoms with E-state index in [1.807, 2.05) is 0 Å². The molecule has 0 bridgehead atoms. The number of anilines is 1. The number of ketones is 1. The van der Waals surface area contributed by atoms with Gasteiger partial charge in [0.25, 0.3) is 11.7 Å². The molecule has 1 aliphatic rings. The average Bonchev–Trinajstić information content (AvgIpc) is 3.09. The third-order valence-corrected chi connectivity index (χ3v) is 5.64. The number of hydrogen-bond donors (Lipinski definition) is 2. The number of rotatable bonds is 5. The normalized spacial score (nSPS) is 17.3. The molecule has 0 radical (unpaired) electrons. The third-order valence-electron chi connectivity index (χ3n) is 5.40. The van der Waals surface area contributed by atoms with E-state index in [-0.39, 0.29) is 16.9 Å². The minimum Gasteiger partial charge on any atom is -0.508 e. The first-order chi connectivity index (χ1) is 15.8. The van der Waals surface area contributed by atoms with Crippen molar-refractivity contribution < 1.29 is 29.3 Å². The van der Waals surface area contributed by atoms with Crippen LogP contribution in [0.25, 0.3) is 5.76 Å². The van der Waals surface area contributed by atoms with Gasteiger partial charge in [-0.1, -0.05) is 29.8 Å². The van der Waals surface area contributed by atoms with Crippen LogP contribution < -0.4 is 14.4 Å². The fourth-order valence-electron chi connectivity index (χ4n) is 3.84. The molecule has 168 valence electrons. The largest absolute Gasteiger partial charge is 0.508 e. The number of ether oxygens (including phenoxy) is 2. The van der Waals surface area contributed by atoms with Crippen molar-refractivity contribution in [3.63, 3.8) is 0 Å². The van der Waals surface area contributed by atoms with Crippen molar-refractivity contribution in [1.29, 1.82) is 0 Å². The summed E-state index contributed by atoms with van der Waals surface area (Å²) in [6.07, 6.45) is 0. The molecule has 0 aliphatic carbocycles. The van der Waals surface area contributed by atoms with Gasteiger partial charge in [-0.3, -0.25) is 14.5 Å². The van der Waals surface area contributed by atoms with E-state index < -0.39 is 23.5 Å². The molecule has 2 N–H and O–H groups in total. The van der Waals surface area contributed by atoms with Crippen LogP contribution in [-0.2, 0) is 9.59 Å². The molecule has 3 aromatic carbocycles. The molecule has 7 nitrogen and oxygen atoms in total. The molecule has 1 heterocycles. The summed E-state index contributed by atoms with van der Waals surface area (Å²) < 4.78 is 10.6. The van der Waals surface area contributed by atoms with Crippen molar-refractivity contribution in [3.05, 3.63) is 88.5 Å². The Balaban J connectivity index is 1.99. The number of aromatic hydroxyl groups is 1. The number of Topliss-reactive ketones (excluding diaryl/α,β-unsaturated/α-hetero) is 1. The van der Waals surface area contributed by atoms with Crippen LogP contribution in [-0.4, -0.2) is 36.1 Å². The number of amides is 1. The summed E-state index contributed by atoms with van der Waals surface area (Å²) in [6.45, 7) is 0. The van der Waals surface area contributed by atoms with Crippen molar-refractivity contribution in [1.82, 2.24) is 0 Å². The Morgan fingerprint density at radius 3 is 2.33 bits per heavy atom. The van der Waals surface area contributed by atoms with Gasteiger partial charge in [-0.05, 0) is 54.1 Å². The lowest BCUT2D eigenvalue weighted by Gasteiger charge is -2.25. The maximum atomic E-state index is 13.2. The van der Waals surface area contributed by atoms with E-state index in [2.05, 4.69) is 0 Å². The lowest BCUT2D eigenvalue weighted by atomic mass is 9.94. The van der Waals surface area contributed by atoms with Gasteiger partial charge in [0.2, 0.25) is 0 Å². The summed E-state index contributed by atoms with van der Waals surface area (Å²) in [7, 11) is 2.90. The Morgan fingerprint density at radius 2 is 1.70 bits per heavy atom. The van der Waals surface area contributed by atoms with E-state index in [1.54, 1.807) is 48.5 Å². The van der Waals surface area contributed by atoms with E-state index in [0.717, 1.165) is 0 Å². The molecule has 0 spiro atoms. The second kappa shape index (κ2) is 8.88. The predicted molar refractivity (Wildman–Crippen MR) is 124 cm³/mol. The maximum absolute atomic E-state index is 13.2. The number of phenolic OH excluding ortho intramolecular Hbond substituents is 1. The van der Waals surface area contributed by atoms with E-state index in [9.17, 15) is 19.8 Å². The molecule has 1 saturated heterocycles. The molecule has 1 atom stereocenters. The summed E-state index contributed by atoms with van der Waals surface area (Å²) in [4.78, 5) is 27.7. The van der Waals surface area contributed by atoms with Crippen LogP contribution in [0.1, 0.15) is 17.2 Å². The molecule has 0 aromatic heterocycles. The van der Waals surface area contributed by atoms with Crippen LogP contribution >= 0.6 is 11.6 Å². The first-order valence-corrected chi connectivity index (χ1v) is 10.3. The van der Waals surface area contributed by atoms with Crippen LogP contribution in [0, 0.1) is 0 Å². The standard InChI is InChI=1S/C25H20ClNO6/c1-32-18-10-11-20(33-2)19(13-18)23(29)21-22(14-6-8-17(28)9-7-14)27(25(31)24(21)30)16-5-3-4-15(26)12-16/h3-13,22,28-29H,1-2H3/b23-21+. The SMILES string of the molecule is COc1ccc(OC)c(/C(O)=C2\C(=O)C(=O)N(c3cccc(Cl)c3)C2c2ccc(O)cc2)c1. The fourth-order valence-corrected chi connectivity index (χ4v) is 4.03. The monoisotopic (exact) mass is 465 g/mol. The zero-order chi connectivity index (χ0) is 23.7. The molecule has 8 heteroatoms. The van der Waals surface area contributed by atoms with Gasteiger partial charge in [0, 0.05) is 10.7 Å². The Morgan fingerprint density at radius 1 is 0.970 bits per heavy atom. The van der Waals surface area contributed by atoms with Crippen LogP contribution in [0.5, 0.6) is 17.2 Å². The molecule has 0 saturated carbocycles. The van der Waals surface area contributed by atoms with E-state index >= 15 is 0 Å². The molecule has 1 fully saturated rings. The number of carbonyl (C=O) groups is 2. The number of nitrogens with zero attached hydrogens (tertiary/aromatic N) is 1. The second-order valence-corrected chi connectivity index (χ2v) is 7.74. The molecular formula is C25H20ClNO6. The van der Waals surface area contributed by atoms with Crippen LogP contribution in [0.3, 0.4) is 0 Å². The van der Waals surface area contributed by atoms with Crippen molar-refractivity contribution in [2.24, 2.45) is 0 Å². The summed E-state index contributed by atoms with van der Waals surface area (Å²) in [6, 6.07) is 16.4. The Labute approximate surface area is 195 Å². The number of aliphatic hydroxyl groups excluding tert-OH is 1. The van der Waals surface area contributed by atoms with E-state index in [0.29, 0.717) is 27.8 Å². The highest BCUT2D eigenvalue weighted by Crippen LogP contribution is 2.44. The quantitative estimate of drug-likeness (QED) is 0.322. The third kappa shape index (κ3) is 3.99. The smallest absolute Gasteiger partial charge is 0.300 e. The Hall–Kier alpha value is -3.97. The average molecular weight is 466 g/mol. The highest BCUT2D eigenvalue weighted by molar-refractivity contribution is 6.51. The first-order valence-electron chi connectivity index (χ1n) is 9.93. The minimum atomic E-state index is -0.972. The molecule has 1 aliphatic heterocycles. The number of methoxy groups -OCH3 is 2. The summed E-state index contributed by atoms with van der Waals surface area (Å²) in [5, 5.41) is 21.4. The van der Waals surface area contributed by atoms with Crippen LogP contribution in [0.2, 0.25) is 5.02 Å². The van der Waals surface area contributed by atoms with Gasteiger partial charge in [0.1, 0.15) is 23.0 Å². The molecule has 4 rings (SSSR count). The molecule has 3 aromatic rings. The highest BCUT2D eigenvalue weighted by Gasteiger charge is 2.47. The topological polar surface area (TPSA) is 96.3 Å². The van der Waals surface area contributed by atoms with Gasteiger partial charge in [-0.15, -0.1) is 0 Å². The van der Waals surface area contributed by atoms with Crippen molar-refractivity contribution in [3.8, 4) is 17.2 Å². The summed E-state index contributed by atoms with van der Waals surface area (Å²) >= 11 is 6.14. The number of phenols is 1. The number of carbonyl (C=O) groups excluding carboxylic acids is 2. The molecular weight excluding hydrogens is 446 g/mol. The lowest BCUT2D eigenvalue weighted by Crippen LogP contribution is -2.29. The van der Waals surface area contributed by atoms with Crippen molar-refractivity contribution in [2.75, 3.05) is 19.1 Å². The van der Waals surface area contributed by atoms with Gasteiger partial charge in [-0.2, -0.15) is 0 Å². The van der Waals surface area contributed by atoms with Gasteiger partial charge in [0.15, 0.2) is 0 Å². The lowest BCUT2D eigenvalue weighted by molar-refractivity contribution is -0.132. The van der Waals surface area contributed by atoms with E-state index in [1.165, 1.54) is 37.3 Å². The fraction of sp³-hybridized carbons (Fsp3) is 0.120. The second-order valence-electron chi connectivity index (χ2n) is 7.31. The first kappa shape index (κ1) is 22.2. The zero-order valence-corrected chi connectivity index (χ0v) is 18.5. The Bertz CT molecular complexity index is 1270. The van der Waals surface area contributed by atoms with Crippen molar-refractivity contribution >= 4 is 34.7 Å². The number of halogens is 1. The van der Waals surface area contributed by atoms with Gasteiger partial charge in [0.05, 0.1) is 31.4 Å². The zero-order valence-electron chi connectivity index (χ0n) is 17.8. The van der Waals surface area contributed by atoms with Crippen LogP contribution in [0.15, 0.2) is 72.3 Å². The predicted octanol–water partition coefficient (Wildman–Crippen LogP) is 4.69. The van der Waals surface area contributed by atoms with Crippen molar-refractivity contribution in [2.45, 2.75) is 6.04 Å². The number of hydrogen-bond acceptors (Lipinski definition) is 6. The highest BCUT2D eigenvalue weighted by atomic mass is 35.5. The summed E-state index contributed by atoms with van der Waals surface area (Å²) in [5.74, 6) is -1.34.